The van der Waals surface area contributed by atoms with Crippen molar-refractivity contribution < 1.29 is 4.74 Å². The third-order valence-electron chi connectivity index (χ3n) is 5.89. The van der Waals surface area contributed by atoms with Crippen LogP contribution in [0.25, 0.3) is 16.7 Å². The summed E-state index contributed by atoms with van der Waals surface area (Å²) in [6.07, 6.45) is 1.49. The number of nitrogens with zero attached hydrogens (tertiary/aromatic N) is 5. The van der Waals surface area contributed by atoms with Gasteiger partial charge in [0.1, 0.15) is 0 Å². The molecule has 4 aromatic heterocycles. The highest BCUT2D eigenvalue weighted by Gasteiger charge is 2.21. The number of aryl methyl sites for hydroxylation is 1. The lowest BCUT2D eigenvalue weighted by Crippen LogP contribution is -2.24. The van der Waals surface area contributed by atoms with E-state index in [9.17, 15) is 9.59 Å². The number of halogens is 1. The lowest BCUT2D eigenvalue weighted by Gasteiger charge is -2.13. The van der Waals surface area contributed by atoms with Crippen molar-refractivity contribution in [2.45, 2.75) is 20.0 Å². The molecule has 0 aliphatic heterocycles. The number of hydrogen-bond acceptors (Lipinski definition) is 5. The SMILES string of the molecule is COc1cccc(Cn2c(C)c3c(=O)n(-c4ccc(Cl)cn4)n(Cc4ccccc4)c3cc2=O)n1. The smallest absolute Gasteiger partial charge is 0.282 e. The molecule has 35 heavy (non-hydrogen) atoms. The van der Waals surface area contributed by atoms with Crippen LogP contribution in [0.3, 0.4) is 0 Å². The maximum Gasteiger partial charge on any atom is 0.282 e. The highest BCUT2D eigenvalue weighted by molar-refractivity contribution is 6.30. The molecule has 4 heterocycles. The lowest BCUT2D eigenvalue weighted by molar-refractivity contribution is 0.395. The van der Waals surface area contributed by atoms with Crippen molar-refractivity contribution in [2.75, 3.05) is 7.11 Å². The Bertz CT molecular complexity index is 1640. The first-order valence-corrected chi connectivity index (χ1v) is 11.4. The zero-order valence-electron chi connectivity index (χ0n) is 19.2. The van der Waals surface area contributed by atoms with Crippen molar-refractivity contribution in [3.8, 4) is 11.7 Å². The van der Waals surface area contributed by atoms with E-state index < -0.39 is 0 Å². The molecule has 0 atom stereocenters. The molecule has 0 aliphatic rings. The van der Waals surface area contributed by atoms with Gasteiger partial charge in [-0.1, -0.05) is 48.0 Å². The van der Waals surface area contributed by atoms with Crippen molar-refractivity contribution in [3.05, 3.63) is 116 Å². The summed E-state index contributed by atoms with van der Waals surface area (Å²) in [7, 11) is 1.54. The Hall–Kier alpha value is -4.17. The van der Waals surface area contributed by atoms with E-state index in [4.69, 9.17) is 16.3 Å². The van der Waals surface area contributed by atoms with Crippen LogP contribution in [0, 0.1) is 6.92 Å². The van der Waals surface area contributed by atoms with Gasteiger partial charge >= 0.3 is 0 Å². The first-order chi connectivity index (χ1) is 17.0. The minimum Gasteiger partial charge on any atom is -0.481 e. The quantitative estimate of drug-likeness (QED) is 0.363. The highest BCUT2D eigenvalue weighted by Crippen LogP contribution is 2.20. The van der Waals surface area contributed by atoms with Gasteiger partial charge in [-0.25, -0.2) is 9.97 Å². The first-order valence-electron chi connectivity index (χ1n) is 11.0. The lowest BCUT2D eigenvalue weighted by atomic mass is 10.2. The normalized spacial score (nSPS) is 11.2. The molecular weight excluding hydrogens is 466 g/mol. The molecule has 0 saturated heterocycles. The van der Waals surface area contributed by atoms with Gasteiger partial charge in [0.2, 0.25) is 5.88 Å². The standard InChI is InChI=1S/C26H22ClN5O3/c1-17-25-21(13-24(33)30(17)16-20-9-6-10-23(29-20)35-2)31(15-18-7-4-3-5-8-18)32(26(25)34)22-12-11-19(27)14-28-22/h3-14H,15-16H2,1-2H3. The second kappa shape index (κ2) is 9.23. The van der Waals surface area contributed by atoms with Crippen molar-refractivity contribution in [3.63, 3.8) is 0 Å². The van der Waals surface area contributed by atoms with E-state index in [-0.39, 0.29) is 17.7 Å². The van der Waals surface area contributed by atoms with Gasteiger partial charge in [-0.3, -0.25) is 14.3 Å². The molecule has 9 heteroatoms. The number of aromatic nitrogens is 5. The summed E-state index contributed by atoms with van der Waals surface area (Å²) in [5.41, 5.74) is 2.22. The van der Waals surface area contributed by atoms with E-state index in [0.29, 0.717) is 45.6 Å². The fourth-order valence-electron chi connectivity index (χ4n) is 4.19. The number of pyridine rings is 3. The van der Waals surface area contributed by atoms with Crippen molar-refractivity contribution in [2.24, 2.45) is 0 Å². The summed E-state index contributed by atoms with van der Waals surface area (Å²) in [6, 6.07) is 20.0. The average Bonchev–Trinajstić information content (AvgIpc) is 3.13. The summed E-state index contributed by atoms with van der Waals surface area (Å²) in [4.78, 5) is 35.8. The molecule has 0 N–H and O–H groups in total. The van der Waals surface area contributed by atoms with Gasteiger partial charge < -0.3 is 9.30 Å². The van der Waals surface area contributed by atoms with E-state index in [1.165, 1.54) is 24.1 Å². The Morgan fingerprint density at radius 1 is 0.971 bits per heavy atom. The second-order valence-electron chi connectivity index (χ2n) is 8.08. The maximum absolute atomic E-state index is 13.8. The average molecular weight is 488 g/mol. The number of hydrogen-bond donors (Lipinski definition) is 0. The van der Waals surface area contributed by atoms with Crippen LogP contribution in [0.4, 0.5) is 0 Å². The molecule has 5 rings (SSSR count). The Kier molecular flexibility index (Phi) is 5.96. The van der Waals surface area contributed by atoms with Crippen molar-refractivity contribution >= 4 is 22.5 Å². The molecule has 0 saturated carbocycles. The first kappa shape index (κ1) is 22.6. The number of rotatable bonds is 6. The molecule has 5 aromatic rings. The molecular formula is C26H22ClN5O3. The van der Waals surface area contributed by atoms with Gasteiger partial charge in [-0.15, -0.1) is 0 Å². The topological polar surface area (TPSA) is 83.9 Å². The zero-order chi connectivity index (χ0) is 24.5. The van der Waals surface area contributed by atoms with Crippen LogP contribution in [0.15, 0.2) is 82.5 Å². The summed E-state index contributed by atoms with van der Waals surface area (Å²) in [6.45, 7) is 2.36. The van der Waals surface area contributed by atoms with Gasteiger partial charge in [0, 0.05) is 24.0 Å². The molecule has 0 spiro atoms. The number of methoxy groups -OCH3 is 1. The third kappa shape index (κ3) is 4.24. The second-order valence-corrected chi connectivity index (χ2v) is 8.52. The van der Waals surface area contributed by atoms with Crippen molar-refractivity contribution in [1.29, 1.82) is 0 Å². The molecule has 0 bridgehead atoms. The van der Waals surface area contributed by atoms with Crippen LogP contribution < -0.4 is 15.9 Å². The minimum atomic E-state index is -0.268. The van der Waals surface area contributed by atoms with Crippen molar-refractivity contribution in [1.82, 2.24) is 23.9 Å². The molecule has 0 unspecified atom stereocenters. The zero-order valence-corrected chi connectivity index (χ0v) is 19.9. The van der Waals surface area contributed by atoms with Crippen LogP contribution in [0.5, 0.6) is 5.88 Å². The van der Waals surface area contributed by atoms with Crippen LogP contribution in [-0.4, -0.2) is 31.0 Å². The summed E-state index contributed by atoms with van der Waals surface area (Å²) >= 11 is 6.04. The Balaban J connectivity index is 1.74. The van der Waals surface area contributed by atoms with E-state index in [0.717, 1.165) is 5.56 Å². The maximum atomic E-state index is 13.8. The van der Waals surface area contributed by atoms with E-state index in [2.05, 4.69) is 9.97 Å². The monoisotopic (exact) mass is 487 g/mol. The molecule has 0 radical (unpaired) electrons. The van der Waals surface area contributed by atoms with Gasteiger partial charge in [0.15, 0.2) is 5.82 Å². The van der Waals surface area contributed by atoms with Gasteiger partial charge in [-0.2, -0.15) is 4.68 Å². The largest absolute Gasteiger partial charge is 0.481 e. The molecule has 1 aromatic carbocycles. The summed E-state index contributed by atoms with van der Waals surface area (Å²) < 4.78 is 10.0. The van der Waals surface area contributed by atoms with Crippen LogP contribution >= 0.6 is 11.6 Å². The fraction of sp³-hybridized carbons (Fsp3) is 0.154. The molecule has 8 nitrogen and oxygen atoms in total. The van der Waals surface area contributed by atoms with E-state index in [1.807, 2.05) is 42.5 Å². The van der Waals surface area contributed by atoms with E-state index >= 15 is 0 Å². The predicted molar refractivity (Wildman–Crippen MR) is 135 cm³/mol. The third-order valence-corrected chi connectivity index (χ3v) is 6.11. The number of fused-ring (bicyclic) bond motifs is 1. The summed E-state index contributed by atoms with van der Waals surface area (Å²) in [5.74, 6) is 0.874. The molecule has 176 valence electrons. The fourth-order valence-corrected chi connectivity index (χ4v) is 4.31. The molecule has 0 fully saturated rings. The van der Waals surface area contributed by atoms with Crippen LogP contribution in [0.2, 0.25) is 5.02 Å². The Morgan fingerprint density at radius 3 is 2.49 bits per heavy atom. The molecule has 0 aliphatic carbocycles. The van der Waals surface area contributed by atoms with E-state index in [1.54, 1.807) is 34.4 Å². The number of ether oxygens (including phenoxy) is 1. The Labute approximate surface area is 205 Å². The minimum absolute atomic E-state index is 0.209. The summed E-state index contributed by atoms with van der Waals surface area (Å²) in [5, 5.41) is 0.911. The van der Waals surface area contributed by atoms with Gasteiger partial charge in [0.05, 0.1) is 41.8 Å². The Morgan fingerprint density at radius 2 is 1.77 bits per heavy atom. The van der Waals surface area contributed by atoms with Gasteiger partial charge in [0.25, 0.3) is 11.1 Å². The number of benzene rings is 1. The molecule has 0 amide bonds. The predicted octanol–water partition coefficient (Wildman–Crippen LogP) is 3.81. The highest BCUT2D eigenvalue weighted by atomic mass is 35.5. The van der Waals surface area contributed by atoms with Gasteiger partial charge in [-0.05, 0) is 30.7 Å². The van der Waals surface area contributed by atoms with Crippen LogP contribution in [-0.2, 0) is 13.1 Å². The van der Waals surface area contributed by atoms with Crippen LogP contribution in [0.1, 0.15) is 17.0 Å².